The quantitative estimate of drug-likeness (QED) is 0.375. The fourth-order valence-electron chi connectivity index (χ4n) is 4.23. The van der Waals surface area contributed by atoms with Crippen LogP contribution in [0.5, 0.6) is 5.75 Å². The maximum atomic E-state index is 13.3. The highest BCUT2D eigenvalue weighted by Gasteiger charge is 2.32. The number of benzene rings is 3. The average molecular weight is 493 g/mol. The van der Waals surface area contributed by atoms with Crippen LogP contribution in [0, 0.1) is 0 Å². The molecule has 2 N–H and O–H groups in total. The molecule has 5 rings (SSSR count). The summed E-state index contributed by atoms with van der Waals surface area (Å²) in [6.45, 7) is 2.20. The SMILES string of the molecule is O=C(Nc1ccc2c(c1)CCN(Cc1ncn[nH]1)C2)Oc1cc(C(F)(F)F)ccc1-c1ccccc1. The highest BCUT2D eigenvalue weighted by atomic mass is 19.4. The third-order valence-electron chi connectivity index (χ3n) is 5.98. The largest absolute Gasteiger partial charge is 0.417 e. The zero-order chi connectivity index (χ0) is 25.1. The van der Waals surface area contributed by atoms with Crippen molar-refractivity contribution in [2.45, 2.75) is 25.7 Å². The molecule has 0 spiro atoms. The van der Waals surface area contributed by atoms with E-state index in [0.717, 1.165) is 48.6 Å². The standard InChI is InChI=1S/C26H22F3N5O2/c27-26(28,29)20-7-9-22(17-4-2-1-3-5-17)23(13-20)36-25(35)32-21-8-6-19-14-34(11-10-18(19)12-21)15-24-30-16-31-33-24/h1-9,12-13,16H,10-11,14-15H2,(H,32,35)(H,30,31,33). The Balaban J connectivity index is 1.31. The molecule has 0 unspecified atom stereocenters. The molecule has 36 heavy (non-hydrogen) atoms. The number of nitrogens with zero attached hydrogens (tertiary/aromatic N) is 3. The van der Waals surface area contributed by atoms with Crippen LogP contribution in [0.15, 0.2) is 73.1 Å². The average Bonchev–Trinajstić information content (AvgIpc) is 3.37. The first kappa shape index (κ1) is 23.6. The van der Waals surface area contributed by atoms with Gasteiger partial charge >= 0.3 is 12.3 Å². The van der Waals surface area contributed by atoms with Crippen molar-refractivity contribution in [2.24, 2.45) is 0 Å². The van der Waals surface area contributed by atoms with Crippen LogP contribution in [0.1, 0.15) is 22.5 Å². The van der Waals surface area contributed by atoms with Crippen LogP contribution in [0.3, 0.4) is 0 Å². The normalized spacial score (nSPS) is 13.8. The number of halogens is 3. The van der Waals surface area contributed by atoms with Gasteiger partial charge in [-0.1, -0.05) is 42.5 Å². The van der Waals surface area contributed by atoms with Crippen LogP contribution < -0.4 is 10.1 Å². The summed E-state index contributed by atoms with van der Waals surface area (Å²) in [4.78, 5) is 19.1. The second kappa shape index (κ2) is 9.82. The molecule has 0 atom stereocenters. The summed E-state index contributed by atoms with van der Waals surface area (Å²) in [5.41, 5.74) is 2.85. The first-order valence-corrected chi connectivity index (χ1v) is 11.3. The molecule has 0 fully saturated rings. The number of carbonyl (C=O) groups excluding carboxylic acids is 1. The molecule has 0 saturated carbocycles. The molecule has 4 aromatic rings. The Morgan fingerprint density at radius 1 is 1.06 bits per heavy atom. The van der Waals surface area contributed by atoms with E-state index in [2.05, 4.69) is 25.4 Å². The van der Waals surface area contributed by atoms with Gasteiger partial charge in [-0.05, 0) is 47.4 Å². The van der Waals surface area contributed by atoms with Crippen molar-refractivity contribution < 1.29 is 22.7 Å². The third kappa shape index (κ3) is 5.38. The van der Waals surface area contributed by atoms with Crippen molar-refractivity contribution in [2.75, 3.05) is 11.9 Å². The predicted molar refractivity (Wildman–Crippen MR) is 127 cm³/mol. The molecule has 1 aromatic heterocycles. The van der Waals surface area contributed by atoms with Crippen LogP contribution in [0.25, 0.3) is 11.1 Å². The number of aromatic nitrogens is 3. The van der Waals surface area contributed by atoms with Crippen molar-refractivity contribution in [1.82, 2.24) is 20.1 Å². The smallest absolute Gasteiger partial charge is 0.409 e. The molecular weight excluding hydrogens is 471 g/mol. The number of amides is 1. The van der Waals surface area contributed by atoms with Gasteiger partial charge in [-0.2, -0.15) is 18.3 Å². The highest BCUT2D eigenvalue weighted by Crippen LogP contribution is 2.37. The van der Waals surface area contributed by atoms with Gasteiger partial charge < -0.3 is 4.74 Å². The number of hydrogen-bond acceptors (Lipinski definition) is 5. The van der Waals surface area contributed by atoms with Gasteiger partial charge in [0.2, 0.25) is 0 Å². The number of alkyl halides is 3. The monoisotopic (exact) mass is 493 g/mol. The predicted octanol–water partition coefficient (Wildman–Crippen LogP) is 5.66. The number of H-pyrrole nitrogens is 1. The Morgan fingerprint density at radius 2 is 1.89 bits per heavy atom. The maximum absolute atomic E-state index is 13.3. The third-order valence-corrected chi connectivity index (χ3v) is 5.98. The minimum absolute atomic E-state index is 0.172. The number of fused-ring (bicyclic) bond motifs is 1. The summed E-state index contributed by atoms with van der Waals surface area (Å²) in [6, 6.07) is 17.5. The zero-order valence-corrected chi connectivity index (χ0v) is 19.0. The molecule has 1 aliphatic rings. The van der Waals surface area contributed by atoms with Gasteiger partial charge in [0.15, 0.2) is 0 Å². The van der Waals surface area contributed by atoms with E-state index in [9.17, 15) is 18.0 Å². The van der Waals surface area contributed by atoms with E-state index in [4.69, 9.17) is 4.74 Å². The van der Waals surface area contributed by atoms with Crippen LogP contribution in [-0.4, -0.2) is 32.7 Å². The van der Waals surface area contributed by atoms with Gasteiger partial charge in [-0.3, -0.25) is 15.3 Å². The number of ether oxygens (including phenoxy) is 1. The lowest BCUT2D eigenvalue weighted by Crippen LogP contribution is -2.30. The van der Waals surface area contributed by atoms with Gasteiger partial charge in [-0.25, -0.2) is 9.78 Å². The molecule has 10 heteroatoms. The Kier molecular flexibility index (Phi) is 6.43. The Bertz CT molecular complexity index is 1360. The second-order valence-corrected chi connectivity index (χ2v) is 8.47. The minimum Gasteiger partial charge on any atom is -0.409 e. The van der Waals surface area contributed by atoms with Crippen molar-refractivity contribution in [3.05, 3.63) is 95.6 Å². The van der Waals surface area contributed by atoms with Gasteiger partial charge in [-0.15, -0.1) is 0 Å². The second-order valence-electron chi connectivity index (χ2n) is 8.47. The van der Waals surface area contributed by atoms with Crippen molar-refractivity contribution >= 4 is 11.8 Å². The van der Waals surface area contributed by atoms with E-state index >= 15 is 0 Å². The number of hydrogen-bond donors (Lipinski definition) is 2. The van der Waals surface area contributed by atoms with E-state index in [1.165, 1.54) is 12.4 Å². The van der Waals surface area contributed by atoms with E-state index < -0.39 is 17.8 Å². The van der Waals surface area contributed by atoms with E-state index in [0.29, 0.717) is 23.4 Å². The van der Waals surface area contributed by atoms with Crippen molar-refractivity contribution in [3.8, 4) is 16.9 Å². The molecule has 3 aromatic carbocycles. The number of aromatic amines is 1. The Hall–Kier alpha value is -4.18. The highest BCUT2D eigenvalue weighted by molar-refractivity contribution is 5.88. The molecule has 0 saturated heterocycles. The fourth-order valence-corrected chi connectivity index (χ4v) is 4.23. The molecule has 0 radical (unpaired) electrons. The van der Waals surface area contributed by atoms with Crippen molar-refractivity contribution in [3.63, 3.8) is 0 Å². The lowest BCUT2D eigenvalue weighted by molar-refractivity contribution is -0.137. The van der Waals surface area contributed by atoms with E-state index in [-0.39, 0.29) is 5.75 Å². The van der Waals surface area contributed by atoms with E-state index in [1.807, 2.05) is 12.1 Å². The first-order valence-electron chi connectivity index (χ1n) is 11.3. The molecule has 1 amide bonds. The lowest BCUT2D eigenvalue weighted by Gasteiger charge is -2.28. The van der Waals surface area contributed by atoms with Gasteiger partial charge in [0, 0.05) is 24.3 Å². The zero-order valence-electron chi connectivity index (χ0n) is 19.0. The Morgan fingerprint density at radius 3 is 2.64 bits per heavy atom. The van der Waals surface area contributed by atoms with Gasteiger partial charge in [0.05, 0.1) is 12.1 Å². The van der Waals surface area contributed by atoms with Gasteiger partial charge in [0.25, 0.3) is 0 Å². The lowest BCUT2D eigenvalue weighted by atomic mass is 9.99. The minimum atomic E-state index is -4.57. The molecular formula is C26H22F3N5O2. The molecule has 1 aliphatic heterocycles. The van der Waals surface area contributed by atoms with Gasteiger partial charge in [0.1, 0.15) is 17.9 Å². The molecule has 0 bridgehead atoms. The van der Waals surface area contributed by atoms with E-state index in [1.54, 1.807) is 36.4 Å². The van der Waals surface area contributed by atoms with Crippen LogP contribution in [0.2, 0.25) is 0 Å². The van der Waals surface area contributed by atoms with Crippen molar-refractivity contribution in [1.29, 1.82) is 0 Å². The summed E-state index contributed by atoms with van der Waals surface area (Å²) in [6.07, 6.45) is -3.18. The fraction of sp³-hybridized carbons (Fsp3) is 0.192. The summed E-state index contributed by atoms with van der Waals surface area (Å²) in [7, 11) is 0. The molecule has 0 aliphatic carbocycles. The summed E-state index contributed by atoms with van der Waals surface area (Å²) in [5, 5.41) is 9.37. The summed E-state index contributed by atoms with van der Waals surface area (Å²) < 4.78 is 45.3. The summed E-state index contributed by atoms with van der Waals surface area (Å²) >= 11 is 0. The Labute approximate surface area is 204 Å². The van der Waals surface area contributed by atoms with Crippen LogP contribution in [-0.2, 0) is 25.7 Å². The number of rotatable bonds is 5. The first-order chi connectivity index (χ1) is 17.3. The van der Waals surface area contributed by atoms with Crippen LogP contribution in [0.4, 0.5) is 23.7 Å². The maximum Gasteiger partial charge on any atom is 0.417 e. The number of anilines is 1. The molecule has 2 heterocycles. The van der Waals surface area contributed by atoms with Crippen LogP contribution >= 0.6 is 0 Å². The number of carbonyl (C=O) groups is 1. The summed E-state index contributed by atoms with van der Waals surface area (Å²) in [5.74, 6) is 0.624. The topological polar surface area (TPSA) is 83.1 Å². The number of nitrogens with one attached hydrogen (secondary N) is 2. The molecule has 184 valence electrons. The molecule has 7 nitrogen and oxygen atoms in total.